The van der Waals surface area contributed by atoms with Crippen LogP contribution in [0.1, 0.15) is 69.8 Å². The smallest absolute Gasteiger partial charge is 0.203 e. The number of aromatic nitrogens is 1. The predicted octanol–water partition coefficient (Wildman–Crippen LogP) is 5.36. The van der Waals surface area contributed by atoms with E-state index in [0.29, 0.717) is 0 Å². The van der Waals surface area contributed by atoms with Gasteiger partial charge in [0, 0.05) is 23.7 Å². The van der Waals surface area contributed by atoms with E-state index in [-0.39, 0.29) is 11.5 Å². The molecule has 0 aliphatic heterocycles. The SMILES string of the molecule is O=[N+]([O-])CCCCCCCCCC/C=C/CCc1cccnc1. The molecule has 4 nitrogen and oxygen atoms in total. The molecule has 0 aliphatic rings. The average molecular weight is 318 g/mol. The molecule has 1 aromatic heterocycles. The van der Waals surface area contributed by atoms with E-state index in [9.17, 15) is 10.1 Å². The van der Waals surface area contributed by atoms with Crippen molar-refractivity contribution in [2.45, 2.75) is 70.6 Å². The molecule has 0 N–H and O–H groups in total. The van der Waals surface area contributed by atoms with Crippen LogP contribution < -0.4 is 0 Å². The van der Waals surface area contributed by atoms with Crippen molar-refractivity contribution in [1.29, 1.82) is 0 Å². The molecular weight excluding hydrogens is 288 g/mol. The largest absolute Gasteiger partial charge is 0.265 e. The van der Waals surface area contributed by atoms with Gasteiger partial charge in [0.2, 0.25) is 6.54 Å². The molecule has 0 atom stereocenters. The van der Waals surface area contributed by atoms with E-state index < -0.39 is 0 Å². The molecule has 0 unspecified atom stereocenters. The summed E-state index contributed by atoms with van der Waals surface area (Å²) in [5.74, 6) is 0. The molecule has 1 rings (SSSR count). The van der Waals surface area contributed by atoms with Crippen molar-refractivity contribution in [3.05, 3.63) is 52.4 Å². The van der Waals surface area contributed by atoms with Crippen LogP contribution in [0.3, 0.4) is 0 Å². The highest BCUT2D eigenvalue weighted by Gasteiger charge is 1.96. The standard InChI is InChI=1S/C19H30N2O2/c22-21(23)17-12-10-8-6-4-2-1-3-5-7-9-11-14-19-15-13-16-20-18-19/h7,9,13,15-16,18H,1-6,8,10-12,14,17H2/b9-7+. The summed E-state index contributed by atoms with van der Waals surface area (Å²) in [7, 11) is 0. The first kappa shape index (κ1) is 19.3. The fourth-order valence-corrected chi connectivity index (χ4v) is 2.60. The van der Waals surface area contributed by atoms with Crippen molar-refractivity contribution in [2.75, 3.05) is 6.54 Å². The molecule has 0 amide bonds. The zero-order valence-corrected chi connectivity index (χ0v) is 14.2. The van der Waals surface area contributed by atoms with Crippen molar-refractivity contribution < 1.29 is 4.92 Å². The lowest BCUT2D eigenvalue weighted by Crippen LogP contribution is -1.99. The first-order chi connectivity index (χ1) is 11.3. The van der Waals surface area contributed by atoms with Gasteiger partial charge in [-0.05, 0) is 43.7 Å². The van der Waals surface area contributed by atoms with Crippen LogP contribution in [0.25, 0.3) is 0 Å². The second-order valence-corrected chi connectivity index (χ2v) is 6.04. The molecule has 0 radical (unpaired) electrons. The molecule has 0 fully saturated rings. The van der Waals surface area contributed by atoms with E-state index in [0.717, 1.165) is 32.1 Å². The van der Waals surface area contributed by atoms with Crippen LogP contribution in [0, 0.1) is 10.1 Å². The number of hydrogen-bond donors (Lipinski definition) is 0. The van der Waals surface area contributed by atoms with E-state index in [1.54, 1.807) is 0 Å². The lowest BCUT2D eigenvalue weighted by Gasteiger charge is -2.00. The van der Waals surface area contributed by atoms with Crippen molar-refractivity contribution >= 4 is 0 Å². The van der Waals surface area contributed by atoms with Crippen LogP contribution in [0.15, 0.2) is 36.7 Å². The second-order valence-electron chi connectivity index (χ2n) is 6.04. The van der Waals surface area contributed by atoms with Crippen LogP contribution >= 0.6 is 0 Å². The average Bonchev–Trinajstić information content (AvgIpc) is 2.56. The summed E-state index contributed by atoms with van der Waals surface area (Å²) >= 11 is 0. The Hall–Kier alpha value is -1.71. The van der Waals surface area contributed by atoms with Gasteiger partial charge in [0.05, 0.1) is 0 Å². The molecule has 0 saturated heterocycles. The molecule has 23 heavy (non-hydrogen) atoms. The van der Waals surface area contributed by atoms with E-state index in [4.69, 9.17) is 0 Å². The molecule has 0 aliphatic carbocycles. The van der Waals surface area contributed by atoms with Gasteiger partial charge in [-0.25, -0.2) is 0 Å². The third-order valence-corrected chi connectivity index (χ3v) is 3.95. The monoisotopic (exact) mass is 318 g/mol. The minimum atomic E-state index is -0.218. The Morgan fingerprint density at radius 3 is 2.26 bits per heavy atom. The van der Waals surface area contributed by atoms with Gasteiger partial charge < -0.3 is 0 Å². The topological polar surface area (TPSA) is 56.0 Å². The summed E-state index contributed by atoms with van der Waals surface area (Å²) in [6.45, 7) is 0.132. The van der Waals surface area contributed by atoms with Gasteiger partial charge in [-0.3, -0.25) is 15.1 Å². The van der Waals surface area contributed by atoms with Crippen LogP contribution in [-0.2, 0) is 6.42 Å². The van der Waals surface area contributed by atoms with Gasteiger partial charge in [-0.15, -0.1) is 0 Å². The van der Waals surface area contributed by atoms with E-state index in [2.05, 4.69) is 23.2 Å². The molecule has 0 aromatic carbocycles. The highest BCUT2D eigenvalue weighted by atomic mass is 16.6. The van der Waals surface area contributed by atoms with E-state index >= 15 is 0 Å². The van der Waals surface area contributed by atoms with Crippen molar-refractivity contribution in [3.8, 4) is 0 Å². The molecule has 0 spiro atoms. The highest BCUT2D eigenvalue weighted by Crippen LogP contribution is 2.10. The second kappa shape index (κ2) is 13.9. The number of allylic oxidation sites excluding steroid dienone is 2. The summed E-state index contributed by atoms with van der Waals surface area (Å²) in [5.41, 5.74) is 1.30. The lowest BCUT2D eigenvalue weighted by atomic mass is 10.1. The Morgan fingerprint density at radius 1 is 0.957 bits per heavy atom. The Morgan fingerprint density at radius 2 is 1.61 bits per heavy atom. The Labute approximate surface area is 140 Å². The van der Waals surface area contributed by atoms with Crippen molar-refractivity contribution in [2.24, 2.45) is 0 Å². The van der Waals surface area contributed by atoms with Crippen LogP contribution in [0.2, 0.25) is 0 Å². The summed E-state index contributed by atoms with van der Waals surface area (Å²) in [6, 6.07) is 4.11. The fourth-order valence-electron chi connectivity index (χ4n) is 2.60. The summed E-state index contributed by atoms with van der Waals surface area (Å²) in [5, 5.41) is 10.2. The van der Waals surface area contributed by atoms with Crippen LogP contribution in [-0.4, -0.2) is 16.5 Å². The maximum Gasteiger partial charge on any atom is 0.203 e. The lowest BCUT2D eigenvalue weighted by molar-refractivity contribution is -0.480. The van der Waals surface area contributed by atoms with Crippen molar-refractivity contribution in [3.63, 3.8) is 0 Å². The van der Waals surface area contributed by atoms with Gasteiger partial charge in [-0.2, -0.15) is 0 Å². The van der Waals surface area contributed by atoms with Gasteiger partial charge in [0.25, 0.3) is 0 Å². The Balaban J connectivity index is 1.81. The maximum atomic E-state index is 10.2. The van der Waals surface area contributed by atoms with E-state index in [1.165, 1.54) is 44.1 Å². The predicted molar refractivity (Wildman–Crippen MR) is 95.1 cm³/mol. The first-order valence-electron chi connectivity index (χ1n) is 8.95. The van der Waals surface area contributed by atoms with Crippen LogP contribution in [0.4, 0.5) is 0 Å². The number of nitrogens with zero attached hydrogens (tertiary/aromatic N) is 2. The van der Waals surface area contributed by atoms with Gasteiger partial charge in [0.15, 0.2) is 0 Å². The number of rotatable bonds is 14. The number of aryl methyl sites for hydroxylation is 1. The highest BCUT2D eigenvalue weighted by molar-refractivity contribution is 5.09. The number of unbranched alkanes of at least 4 members (excludes halogenated alkanes) is 8. The van der Waals surface area contributed by atoms with E-state index in [1.807, 2.05) is 18.5 Å². The zero-order valence-electron chi connectivity index (χ0n) is 14.2. The molecule has 0 bridgehead atoms. The molecule has 1 heterocycles. The minimum absolute atomic E-state index is 0.132. The summed E-state index contributed by atoms with van der Waals surface area (Å²) < 4.78 is 0. The number of pyridine rings is 1. The zero-order chi connectivity index (χ0) is 16.6. The minimum Gasteiger partial charge on any atom is -0.265 e. The molecular formula is C19H30N2O2. The third kappa shape index (κ3) is 12.5. The normalized spacial score (nSPS) is 11.1. The number of hydrogen-bond acceptors (Lipinski definition) is 3. The quantitative estimate of drug-likeness (QED) is 0.201. The fraction of sp³-hybridized carbons (Fsp3) is 0.632. The first-order valence-corrected chi connectivity index (χ1v) is 8.95. The Kier molecular flexibility index (Phi) is 11.7. The molecule has 1 aromatic rings. The van der Waals surface area contributed by atoms with Crippen LogP contribution in [0.5, 0.6) is 0 Å². The maximum absolute atomic E-state index is 10.2. The molecule has 0 saturated carbocycles. The van der Waals surface area contributed by atoms with Crippen molar-refractivity contribution in [1.82, 2.24) is 4.98 Å². The Bertz CT molecular complexity index is 432. The summed E-state index contributed by atoms with van der Waals surface area (Å²) in [6.07, 6.45) is 20.9. The number of nitro groups is 1. The third-order valence-electron chi connectivity index (χ3n) is 3.95. The van der Waals surface area contributed by atoms with Gasteiger partial charge in [-0.1, -0.05) is 50.3 Å². The van der Waals surface area contributed by atoms with Gasteiger partial charge in [0.1, 0.15) is 0 Å². The van der Waals surface area contributed by atoms with Gasteiger partial charge >= 0.3 is 0 Å². The summed E-state index contributed by atoms with van der Waals surface area (Å²) in [4.78, 5) is 14.1. The molecule has 4 heteroatoms. The molecule has 128 valence electrons.